The molecule has 3 fully saturated rings. The molecule has 5 heteroatoms. The minimum absolute atomic E-state index is 0.174. The molecular weight excluding hydrogens is 268 g/mol. The number of carbonyl (C=O) groups excluding carboxylic acids is 1. The third-order valence-corrected chi connectivity index (χ3v) is 5.99. The lowest BCUT2D eigenvalue weighted by atomic mass is 9.77. The molecule has 1 spiro atoms. The Bertz CT molecular complexity index is 413. The predicted molar refractivity (Wildman–Crippen MR) is 79.1 cm³/mol. The molecule has 1 aliphatic heterocycles. The van der Waals surface area contributed by atoms with Crippen molar-refractivity contribution >= 4 is 12.0 Å². The number of urea groups is 1. The number of carboxylic acid groups (broad SMARTS) is 1. The van der Waals surface area contributed by atoms with Crippen LogP contribution in [0, 0.1) is 5.41 Å². The third-order valence-electron chi connectivity index (χ3n) is 5.99. The van der Waals surface area contributed by atoms with Crippen molar-refractivity contribution in [3.05, 3.63) is 0 Å². The van der Waals surface area contributed by atoms with Crippen molar-refractivity contribution in [2.45, 2.75) is 69.7 Å². The van der Waals surface area contributed by atoms with Gasteiger partial charge in [0.15, 0.2) is 0 Å². The fourth-order valence-corrected chi connectivity index (χ4v) is 4.46. The molecule has 21 heavy (non-hydrogen) atoms. The number of amides is 2. The van der Waals surface area contributed by atoms with Crippen molar-refractivity contribution in [2.75, 3.05) is 13.1 Å². The van der Waals surface area contributed by atoms with Gasteiger partial charge >= 0.3 is 12.0 Å². The van der Waals surface area contributed by atoms with Crippen LogP contribution in [0.5, 0.6) is 0 Å². The molecule has 3 rings (SSSR count). The van der Waals surface area contributed by atoms with Crippen molar-refractivity contribution in [3.8, 4) is 0 Å². The summed E-state index contributed by atoms with van der Waals surface area (Å²) in [6, 6.07) is -0.174. The summed E-state index contributed by atoms with van der Waals surface area (Å²) in [6.07, 6.45) is 10.3. The predicted octanol–water partition coefficient (Wildman–Crippen LogP) is 2.75. The zero-order chi connectivity index (χ0) is 14.9. The van der Waals surface area contributed by atoms with Gasteiger partial charge in [-0.15, -0.1) is 0 Å². The first-order valence-electron chi connectivity index (χ1n) is 8.36. The van der Waals surface area contributed by atoms with E-state index in [0.29, 0.717) is 18.3 Å². The average Bonchev–Trinajstić information content (AvgIpc) is 3.10. The number of rotatable bonds is 2. The number of nitrogens with zero attached hydrogens (tertiary/aromatic N) is 1. The summed E-state index contributed by atoms with van der Waals surface area (Å²) in [4.78, 5) is 25.8. The minimum atomic E-state index is -1.01. The van der Waals surface area contributed by atoms with E-state index in [0.717, 1.165) is 38.8 Å². The van der Waals surface area contributed by atoms with Gasteiger partial charge in [-0.05, 0) is 43.9 Å². The Hall–Kier alpha value is -1.26. The molecule has 118 valence electrons. The molecule has 0 radical (unpaired) electrons. The molecule has 0 bridgehead atoms. The highest BCUT2D eigenvalue weighted by Crippen LogP contribution is 2.46. The first-order chi connectivity index (χ1) is 10.1. The van der Waals surface area contributed by atoms with E-state index in [-0.39, 0.29) is 6.03 Å². The molecule has 5 nitrogen and oxygen atoms in total. The Balaban J connectivity index is 1.58. The van der Waals surface area contributed by atoms with E-state index in [1.54, 1.807) is 0 Å². The summed E-state index contributed by atoms with van der Waals surface area (Å²) in [5, 5.41) is 12.3. The molecule has 1 heterocycles. The van der Waals surface area contributed by atoms with Crippen LogP contribution in [0.3, 0.4) is 0 Å². The highest BCUT2D eigenvalue weighted by molar-refractivity contribution is 5.86. The van der Waals surface area contributed by atoms with Crippen molar-refractivity contribution in [3.63, 3.8) is 0 Å². The van der Waals surface area contributed by atoms with Crippen LogP contribution in [0.2, 0.25) is 0 Å². The summed E-state index contributed by atoms with van der Waals surface area (Å²) in [5.41, 5.74) is -0.534. The first-order valence-corrected chi connectivity index (χ1v) is 8.36. The highest BCUT2D eigenvalue weighted by atomic mass is 16.4. The number of nitrogens with one attached hydrogen (secondary N) is 1. The zero-order valence-corrected chi connectivity index (χ0v) is 12.7. The molecule has 0 aromatic rings. The highest BCUT2D eigenvalue weighted by Gasteiger charge is 2.44. The van der Waals surface area contributed by atoms with E-state index >= 15 is 0 Å². The fraction of sp³-hybridized carbons (Fsp3) is 0.875. The van der Waals surface area contributed by atoms with Gasteiger partial charge in [-0.3, -0.25) is 0 Å². The van der Waals surface area contributed by atoms with Crippen LogP contribution in [0.4, 0.5) is 4.79 Å². The Kier molecular flexibility index (Phi) is 3.84. The van der Waals surface area contributed by atoms with Gasteiger partial charge in [-0.1, -0.05) is 25.7 Å². The summed E-state index contributed by atoms with van der Waals surface area (Å²) >= 11 is 0. The van der Waals surface area contributed by atoms with Gasteiger partial charge < -0.3 is 15.3 Å². The second kappa shape index (κ2) is 5.50. The maximum atomic E-state index is 12.4. The molecule has 2 amide bonds. The lowest BCUT2D eigenvalue weighted by Crippen LogP contribution is -2.57. The lowest BCUT2D eigenvalue weighted by Gasteiger charge is -2.40. The van der Waals surface area contributed by atoms with Crippen LogP contribution in [0.15, 0.2) is 0 Å². The van der Waals surface area contributed by atoms with Crippen LogP contribution < -0.4 is 5.32 Å². The van der Waals surface area contributed by atoms with Gasteiger partial charge in [-0.2, -0.15) is 0 Å². The van der Waals surface area contributed by atoms with Gasteiger partial charge in [0.2, 0.25) is 0 Å². The number of hydrogen-bond donors (Lipinski definition) is 2. The third kappa shape index (κ3) is 2.74. The number of aliphatic carboxylic acids is 1. The Labute approximate surface area is 126 Å². The van der Waals surface area contributed by atoms with E-state index in [9.17, 15) is 14.7 Å². The molecule has 2 saturated carbocycles. The summed E-state index contributed by atoms with van der Waals surface area (Å²) in [7, 11) is 0. The normalized spacial score (nSPS) is 27.0. The number of carboxylic acids is 1. The first kappa shape index (κ1) is 14.7. The topological polar surface area (TPSA) is 69.6 Å². The average molecular weight is 294 g/mol. The SMILES string of the molecule is O=C(NC1(C(=O)O)CCCC1)N1CCC2(CCCC2)CC1. The molecule has 1 saturated heterocycles. The van der Waals surface area contributed by atoms with Gasteiger partial charge in [0.05, 0.1) is 0 Å². The molecule has 0 aromatic carbocycles. The molecule has 2 N–H and O–H groups in total. The Morgan fingerprint density at radius 3 is 1.90 bits per heavy atom. The Morgan fingerprint density at radius 1 is 0.857 bits per heavy atom. The molecular formula is C16H26N2O3. The van der Waals surface area contributed by atoms with Crippen LogP contribution in [-0.2, 0) is 4.79 Å². The van der Waals surface area contributed by atoms with Crippen molar-refractivity contribution < 1.29 is 14.7 Å². The molecule has 2 aliphatic carbocycles. The summed E-state index contributed by atoms with van der Waals surface area (Å²) in [5.74, 6) is -0.877. The fourth-order valence-electron chi connectivity index (χ4n) is 4.46. The zero-order valence-electron chi connectivity index (χ0n) is 12.7. The van der Waals surface area contributed by atoms with Crippen molar-refractivity contribution in [1.82, 2.24) is 10.2 Å². The molecule has 0 aromatic heterocycles. The van der Waals surface area contributed by atoms with E-state index in [1.165, 1.54) is 25.7 Å². The summed E-state index contributed by atoms with van der Waals surface area (Å²) < 4.78 is 0. The lowest BCUT2D eigenvalue weighted by molar-refractivity contribution is -0.144. The maximum absolute atomic E-state index is 12.4. The number of carbonyl (C=O) groups is 2. The second-order valence-corrected chi connectivity index (χ2v) is 7.22. The van der Waals surface area contributed by atoms with E-state index < -0.39 is 11.5 Å². The van der Waals surface area contributed by atoms with Crippen LogP contribution in [0.25, 0.3) is 0 Å². The van der Waals surface area contributed by atoms with Crippen molar-refractivity contribution in [2.24, 2.45) is 5.41 Å². The standard InChI is InChI=1S/C16H26N2O3/c19-13(20)16(7-3-4-8-16)17-14(21)18-11-9-15(10-12-18)5-1-2-6-15/h1-12H2,(H,17,21)(H,19,20). The second-order valence-electron chi connectivity index (χ2n) is 7.22. The van der Waals surface area contributed by atoms with E-state index in [4.69, 9.17) is 0 Å². The van der Waals surface area contributed by atoms with Crippen LogP contribution >= 0.6 is 0 Å². The maximum Gasteiger partial charge on any atom is 0.329 e. The number of hydrogen-bond acceptors (Lipinski definition) is 2. The molecule has 0 unspecified atom stereocenters. The van der Waals surface area contributed by atoms with Gasteiger partial charge in [0.1, 0.15) is 5.54 Å². The van der Waals surface area contributed by atoms with Gasteiger partial charge in [0.25, 0.3) is 0 Å². The number of piperidine rings is 1. The van der Waals surface area contributed by atoms with E-state index in [1.807, 2.05) is 4.90 Å². The van der Waals surface area contributed by atoms with Gasteiger partial charge in [-0.25, -0.2) is 9.59 Å². The van der Waals surface area contributed by atoms with E-state index in [2.05, 4.69) is 5.32 Å². The molecule has 0 atom stereocenters. The van der Waals surface area contributed by atoms with Crippen molar-refractivity contribution in [1.29, 1.82) is 0 Å². The van der Waals surface area contributed by atoms with Crippen LogP contribution in [0.1, 0.15) is 64.2 Å². The quantitative estimate of drug-likeness (QED) is 0.822. The largest absolute Gasteiger partial charge is 0.480 e. The summed E-state index contributed by atoms with van der Waals surface area (Å²) in [6.45, 7) is 1.56. The Morgan fingerprint density at radius 2 is 1.38 bits per heavy atom. The molecule has 3 aliphatic rings. The minimum Gasteiger partial charge on any atom is -0.480 e. The smallest absolute Gasteiger partial charge is 0.329 e. The monoisotopic (exact) mass is 294 g/mol. The van der Waals surface area contributed by atoms with Crippen LogP contribution in [-0.4, -0.2) is 40.6 Å². The number of likely N-dealkylation sites (tertiary alicyclic amines) is 1. The van der Waals surface area contributed by atoms with Gasteiger partial charge in [0, 0.05) is 13.1 Å².